The van der Waals surface area contributed by atoms with Gasteiger partial charge in [-0.25, -0.2) is 4.79 Å². The lowest BCUT2D eigenvalue weighted by molar-refractivity contribution is 0.0157. The minimum absolute atomic E-state index is 0.0412. The molecule has 1 atom stereocenters. The van der Waals surface area contributed by atoms with E-state index in [4.69, 9.17) is 4.74 Å². The average Bonchev–Trinajstić information content (AvgIpc) is 3.06. The van der Waals surface area contributed by atoms with Crippen LogP contribution in [-0.2, 0) is 11.3 Å². The SMILES string of the molecule is Cc1n[nH]c2c1c(=O)n(CC1CCCN(C(=O)OC(C)(C)C)C1)c1ccc(Br)cc21. The number of aryl methyl sites for hydroxylation is 1. The number of nitrogens with zero attached hydrogens (tertiary/aromatic N) is 3. The van der Waals surface area contributed by atoms with E-state index in [1.54, 1.807) is 4.90 Å². The van der Waals surface area contributed by atoms with Gasteiger partial charge in [-0.3, -0.25) is 9.89 Å². The number of amides is 1. The zero-order chi connectivity index (χ0) is 21.6. The zero-order valence-corrected chi connectivity index (χ0v) is 19.4. The third-order valence-corrected chi connectivity index (χ3v) is 6.03. The fourth-order valence-electron chi connectivity index (χ4n) is 4.22. The molecule has 1 saturated heterocycles. The van der Waals surface area contributed by atoms with Crippen LogP contribution in [0.1, 0.15) is 39.3 Å². The summed E-state index contributed by atoms with van der Waals surface area (Å²) in [5.41, 5.74) is 1.77. The van der Waals surface area contributed by atoms with Crippen LogP contribution in [0.3, 0.4) is 0 Å². The molecule has 1 aliphatic heterocycles. The Labute approximate surface area is 183 Å². The van der Waals surface area contributed by atoms with Crippen LogP contribution >= 0.6 is 15.9 Å². The highest BCUT2D eigenvalue weighted by Crippen LogP contribution is 2.28. The molecule has 0 saturated carbocycles. The normalized spacial score (nSPS) is 17.6. The number of nitrogens with one attached hydrogen (secondary N) is 1. The number of carbonyl (C=O) groups excluding carboxylic acids is 1. The molecule has 0 aliphatic carbocycles. The van der Waals surface area contributed by atoms with Crippen molar-refractivity contribution in [2.75, 3.05) is 13.1 Å². The number of halogens is 1. The second-order valence-corrected chi connectivity index (χ2v) is 9.99. The van der Waals surface area contributed by atoms with Crippen LogP contribution < -0.4 is 5.56 Å². The number of hydrogen-bond donors (Lipinski definition) is 1. The van der Waals surface area contributed by atoms with Crippen LogP contribution in [0.25, 0.3) is 21.8 Å². The number of pyridine rings is 1. The molecule has 1 unspecified atom stereocenters. The van der Waals surface area contributed by atoms with Gasteiger partial charge in [-0.1, -0.05) is 15.9 Å². The summed E-state index contributed by atoms with van der Waals surface area (Å²) in [5.74, 6) is 0.181. The molecular weight excluding hydrogens is 448 g/mol. The van der Waals surface area contributed by atoms with Crippen molar-refractivity contribution in [2.24, 2.45) is 5.92 Å². The smallest absolute Gasteiger partial charge is 0.410 e. The van der Waals surface area contributed by atoms with Gasteiger partial charge in [-0.15, -0.1) is 0 Å². The molecule has 7 nitrogen and oxygen atoms in total. The van der Waals surface area contributed by atoms with Gasteiger partial charge >= 0.3 is 6.09 Å². The topological polar surface area (TPSA) is 80.2 Å². The van der Waals surface area contributed by atoms with Crippen LogP contribution in [0.2, 0.25) is 0 Å². The van der Waals surface area contributed by atoms with Crippen molar-refractivity contribution >= 4 is 43.8 Å². The maximum absolute atomic E-state index is 13.4. The van der Waals surface area contributed by atoms with Crippen molar-refractivity contribution < 1.29 is 9.53 Å². The highest BCUT2D eigenvalue weighted by molar-refractivity contribution is 9.10. The second kappa shape index (κ2) is 7.72. The summed E-state index contributed by atoms with van der Waals surface area (Å²) in [6.45, 7) is 9.29. The van der Waals surface area contributed by atoms with E-state index in [1.165, 1.54) is 0 Å². The molecule has 1 fully saturated rings. The largest absolute Gasteiger partial charge is 0.444 e. The number of H-pyrrole nitrogens is 1. The van der Waals surface area contributed by atoms with Gasteiger partial charge in [-0.2, -0.15) is 5.10 Å². The minimum Gasteiger partial charge on any atom is -0.444 e. The third kappa shape index (κ3) is 3.97. The van der Waals surface area contributed by atoms with E-state index in [9.17, 15) is 9.59 Å². The molecule has 1 aliphatic rings. The summed E-state index contributed by atoms with van der Waals surface area (Å²) in [6.07, 6.45) is 1.58. The summed E-state index contributed by atoms with van der Waals surface area (Å²) in [4.78, 5) is 27.7. The number of fused-ring (bicyclic) bond motifs is 3. The van der Waals surface area contributed by atoms with Crippen LogP contribution in [0.5, 0.6) is 0 Å². The Morgan fingerprint density at radius 2 is 2.13 bits per heavy atom. The van der Waals surface area contributed by atoms with Gasteiger partial charge in [0, 0.05) is 29.5 Å². The van der Waals surface area contributed by atoms with Crippen LogP contribution in [0, 0.1) is 12.8 Å². The number of aromatic amines is 1. The van der Waals surface area contributed by atoms with E-state index >= 15 is 0 Å². The van der Waals surface area contributed by atoms with Crippen LogP contribution in [0.4, 0.5) is 4.79 Å². The summed E-state index contributed by atoms with van der Waals surface area (Å²) >= 11 is 3.53. The summed E-state index contributed by atoms with van der Waals surface area (Å²) < 4.78 is 8.34. The Morgan fingerprint density at radius 3 is 2.87 bits per heavy atom. The molecule has 0 spiro atoms. The standard InChI is InChI=1S/C22H27BrN4O3/c1-13-18-19(25-24-13)16-10-15(23)7-8-17(16)27(20(18)28)12-14-6-5-9-26(11-14)21(29)30-22(2,3)4/h7-8,10,14H,5-6,9,11-12H2,1-4H3,(H,24,25). The number of rotatable bonds is 2. The van der Waals surface area contributed by atoms with Gasteiger partial charge in [0.1, 0.15) is 5.60 Å². The number of piperidine rings is 1. The molecule has 3 aromatic rings. The quantitative estimate of drug-likeness (QED) is 0.588. The first kappa shape index (κ1) is 20.9. The van der Waals surface area contributed by atoms with E-state index in [0.29, 0.717) is 30.7 Å². The second-order valence-electron chi connectivity index (χ2n) is 9.07. The fraction of sp³-hybridized carbons (Fsp3) is 0.500. The Kier molecular flexibility index (Phi) is 5.38. The fourth-order valence-corrected chi connectivity index (χ4v) is 4.58. The molecule has 1 amide bonds. The predicted molar refractivity (Wildman–Crippen MR) is 121 cm³/mol. The Balaban J connectivity index is 1.69. The van der Waals surface area contributed by atoms with E-state index < -0.39 is 5.60 Å². The van der Waals surface area contributed by atoms with E-state index in [1.807, 2.05) is 50.5 Å². The van der Waals surface area contributed by atoms with Gasteiger partial charge < -0.3 is 14.2 Å². The molecule has 160 valence electrons. The van der Waals surface area contributed by atoms with Crippen LogP contribution in [-0.4, -0.2) is 44.4 Å². The van der Waals surface area contributed by atoms with E-state index in [2.05, 4.69) is 26.1 Å². The number of carbonyl (C=O) groups is 1. The maximum Gasteiger partial charge on any atom is 0.410 e. The molecule has 1 aromatic carbocycles. The first-order chi connectivity index (χ1) is 14.1. The Hall–Kier alpha value is -2.35. The monoisotopic (exact) mass is 474 g/mol. The van der Waals surface area contributed by atoms with Gasteiger partial charge in [0.25, 0.3) is 5.56 Å². The van der Waals surface area contributed by atoms with Crippen molar-refractivity contribution in [3.8, 4) is 0 Å². The first-order valence-electron chi connectivity index (χ1n) is 10.3. The van der Waals surface area contributed by atoms with Crippen LogP contribution in [0.15, 0.2) is 27.5 Å². The Bertz CT molecular complexity index is 1180. The summed E-state index contributed by atoms with van der Waals surface area (Å²) in [7, 11) is 0. The van der Waals surface area contributed by atoms with Gasteiger partial charge in [0.15, 0.2) is 0 Å². The zero-order valence-electron chi connectivity index (χ0n) is 17.8. The summed E-state index contributed by atoms with van der Waals surface area (Å²) in [6, 6.07) is 5.92. The third-order valence-electron chi connectivity index (χ3n) is 5.54. The Morgan fingerprint density at radius 1 is 1.37 bits per heavy atom. The van der Waals surface area contributed by atoms with Crippen molar-refractivity contribution in [3.63, 3.8) is 0 Å². The molecule has 3 heterocycles. The molecule has 30 heavy (non-hydrogen) atoms. The lowest BCUT2D eigenvalue weighted by atomic mass is 9.97. The molecular formula is C22H27BrN4O3. The maximum atomic E-state index is 13.4. The number of ether oxygens (including phenoxy) is 1. The molecule has 2 aromatic heterocycles. The molecule has 4 rings (SSSR count). The molecule has 8 heteroatoms. The molecule has 1 N–H and O–H groups in total. The van der Waals surface area contributed by atoms with Crippen molar-refractivity contribution in [1.29, 1.82) is 0 Å². The van der Waals surface area contributed by atoms with Crippen molar-refractivity contribution in [1.82, 2.24) is 19.7 Å². The van der Waals surface area contributed by atoms with Crippen molar-refractivity contribution in [3.05, 3.63) is 38.7 Å². The number of hydrogen-bond acceptors (Lipinski definition) is 4. The first-order valence-corrected chi connectivity index (χ1v) is 11.1. The predicted octanol–water partition coefficient (Wildman–Crippen LogP) is 4.60. The highest BCUT2D eigenvalue weighted by Gasteiger charge is 2.28. The average molecular weight is 475 g/mol. The lowest BCUT2D eigenvalue weighted by Gasteiger charge is -2.34. The van der Waals surface area contributed by atoms with Gasteiger partial charge in [0.2, 0.25) is 0 Å². The minimum atomic E-state index is -0.519. The number of likely N-dealkylation sites (tertiary alicyclic amines) is 1. The van der Waals surface area contributed by atoms with E-state index in [0.717, 1.165) is 33.7 Å². The number of aromatic nitrogens is 3. The molecule has 0 radical (unpaired) electrons. The highest BCUT2D eigenvalue weighted by atomic mass is 79.9. The van der Waals surface area contributed by atoms with Gasteiger partial charge in [0.05, 0.1) is 22.1 Å². The van der Waals surface area contributed by atoms with E-state index in [-0.39, 0.29) is 17.6 Å². The van der Waals surface area contributed by atoms with Gasteiger partial charge in [-0.05, 0) is 64.7 Å². The summed E-state index contributed by atoms with van der Waals surface area (Å²) in [5, 5.41) is 8.87. The number of benzene rings is 1. The molecule has 0 bridgehead atoms. The van der Waals surface area contributed by atoms with Crippen molar-refractivity contribution in [2.45, 2.75) is 52.7 Å². The lowest BCUT2D eigenvalue weighted by Crippen LogP contribution is -2.44.